The standard InChI is InChI=1S/C16H13BFN3O/c1-8-2-4-10-14(15(8)19)13(20-21-16(10)22)7-9-3-5-12(18)11(17)6-9/h2-6H,7,19H2,1H3,(H,21,22). The number of aromatic amines is 1. The molecule has 0 saturated heterocycles. The molecule has 22 heavy (non-hydrogen) atoms. The fourth-order valence-electron chi connectivity index (χ4n) is 2.48. The van der Waals surface area contributed by atoms with E-state index in [0.29, 0.717) is 28.6 Å². The van der Waals surface area contributed by atoms with Crippen LogP contribution < -0.4 is 16.8 Å². The SMILES string of the molecule is [B]c1cc(Cc2n[nH]c(=O)c3ccc(C)c(N)c23)ccc1F. The number of rotatable bonds is 2. The molecule has 3 aromatic rings. The van der Waals surface area contributed by atoms with Crippen molar-refractivity contribution < 1.29 is 4.39 Å². The molecule has 3 N–H and O–H groups in total. The molecule has 0 aliphatic heterocycles. The first-order valence-electron chi connectivity index (χ1n) is 6.77. The first-order valence-corrected chi connectivity index (χ1v) is 6.77. The number of nitrogens with zero attached hydrogens (tertiary/aromatic N) is 1. The number of H-pyrrole nitrogens is 1. The number of nitrogens with two attached hydrogens (primary N) is 1. The van der Waals surface area contributed by atoms with Gasteiger partial charge in [0.1, 0.15) is 13.7 Å². The maximum Gasteiger partial charge on any atom is 0.272 e. The van der Waals surface area contributed by atoms with Gasteiger partial charge in [-0.25, -0.2) is 9.49 Å². The van der Waals surface area contributed by atoms with Crippen molar-refractivity contribution in [1.29, 1.82) is 0 Å². The molecule has 2 radical (unpaired) electrons. The fourth-order valence-corrected chi connectivity index (χ4v) is 2.48. The minimum atomic E-state index is -0.460. The number of halogens is 1. The highest BCUT2D eigenvalue weighted by Crippen LogP contribution is 2.25. The summed E-state index contributed by atoms with van der Waals surface area (Å²) in [5.41, 5.74) is 8.73. The van der Waals surface area contributed by atoms with Gasteiger partial charge in [-0.2, -0.15) is 5.10 Å². The van der Waals surface area contributed by atoms with E-state index in [2.05, 4.69) is 10.2 Å². The van der Waals surface area contributed by atoms with E-state index in [1.165, 1.54) is 6.07 Å². The quantitative estimate of drug-likeness (QED) is 0.553. The number of fused-ring (bicyclic) bond motifs is 1. The molecule has 3 rings (SSSR count). The molecule has 2 aromatic carbocycles. The average Bonchev–Trinajstić information content (AvgIpc) is 2.49. The number of hydrogen-bond donors (Lipinski definition) is 2. The van der Waals surface area contributed by atoms with Gasteiger partial charge in [0.2, 0.25) is 0 Å². The van der Waals surface area contributed by atoms with Gasteiger partial charge in [0.25, 0.3) is 5.56 Å². The third-order valence-corrected chi connectivity index (χ3v) is 3.72. The molecule has 0 unspecified atom stereocenters. The first-order chi connectivity index (χ1) is 10.5. The van der Waals surface area contributed by atoms with Crippen LogP contribution in [0.2, 0.25) is 0 Å². The molecule has 0 aliphatic carbocycles. The van der Waals surface area contributed by atoms with Crippen LogP contribution in [0.1, 0.15) is 16.8 Å². The van der Waals surface area contributed by atoms with E-state index < -0.39 is 5.82 Å². The van der Waals surface area contributed by atoms with E-state index in [4.69, 9.17) is 13.6 Å². The molecule has 0 fully saturated rings. The molecule has 4 nitrogen and oxygen atoms in total. The van der Waals surface area contributed by atoms with Crippen LogP contribution >= 0.6 is 0 Å². The zero-order valence-corrected chi connectivity index (χ0v) is 12.0. The summed E-state index contributed by atoms with van der Waals surface area (Å²) in [6.07, 6.45) is 0.394. The number of hydrogen-bond acceptors (Lipinski definition) is 3. The predicted octanol–water partition coefficient (Wildman–Crippen LogP) is 1.34. The summed E-state index contributed by atoms with van der Waals surface area (Å²) in [5.74, 6) is -0.460. The lowest BCUT2D eigenvalue weighted by Crippen LogP contribution is -2.14. The van der Waals surface area contributed by atoms with Crippen LogP contribution in [0.5, 0.6) is 0 Å². The lowest BCUT2D eigenvalue weighted by molar-refractivity contribution is 0.635. The highest BCUT2D eigenvalue weighted by atomic mass is 19.1. The summed E-state index contributed by atoms with van der Waals surface area (Å²) in [6.45, 7) is 1.87. The van der Waals surface area contributed by atoms with Crippen molar-refractivity contribution in [1.82, 2.24) is 10.2 Å². The molecule has 1 aromatic heterocycles. The van der Waals surface area contributed by atoms with Crippen molar-refractivity contribution >= 4 is 29.8 Å². The van der Waals surface area contributed by atoms with Gasteiger partial charge in [0.05, 0.1) is 11.1 Å². The Bertz CT molecular complexity index is 937. The molecule has 6 heteroatoms. The highest BCUT2D eigenvalue weighted by molar-refractivity contribution is 6.32. The Morgan fingerprint density at radius 1 is 1.32 bits per heavy atom. The van der Waals surface area contributed by atoms with Crippen LogP contribution in [0, 0.1) is 12.7 Å². The zero-order chi connectivity index (χ0) is 15.9. The number of nitrogens with one attached hydrogen (secondary N) is 1. The smallest absolute Gasteiger partial charge is 0.272 e. The lowest BCUT2D eigenvalue weighted by Gasteiger charge is -2.10. The van der Waals surface area contributed by atoms with Gasteiger partial charge >= 0.3 is 0 Å². The molecule has 0 spiro atoms. The van der Waals surface area contributed by atoms with Crippen molar-refractivity contribution in [3.05, 3.63) is 63.3 Å². The van der Waals surface area contributed by atoms with Gasteiger partial charge in [0, 0.05) is 17.5 Å². The topological polar surface area (TPSA) is 71.8 Å². The largest absolute Gasteiger partial charge is 0.398 e. The molecule has 0 amide bonds. The minimum absolute atomic E-state index is 0.0791. The summed E-state index contributed by atoms with van der Waals surface area (Å²) in [6, 6.07) is 8.03. The van der Waals surface area contributed by atoms with Gasteiger partial charge in [-0.1, -0.05) is 23.7 Å². The third-order valence-electron chi connectivity index (χ3n) is 3.72. The molecule has 1 heterocycles. The van der Waals surface area contributed by atoms with Crippen LogP contribution in [0.15, 0.2) is 35.1 Å². The normalized spacial score (nSPS) is 11.0. The van der Waals surface area contributed by atoms with Crippen molar-refractivity contribution in [2.75, 3.05) is 5.73 Å². The van der Waals surface area contributed by atoms with E-state index >= 15 is 0 Å². The second-order valence-electron chi connectivity index (χ2n) is 5.25. The Hall–Kier alpha value is -2.63. The van der Waals surface area contributed by atoms with Gasteiger partial charge in [-0.05, 0) is 30.2 Å². The summed E-state index contributed by atoms with van der Waals surface area (Å²) in [5, 5.41) is 7.69. The van der Waals surface area contributed by atoms with Crippen LogP contribution in [0.25, 0.3) is 10.8 Å². The van der Waals surface area contributed by atoms with E-state index in [-0.39, 0.29) is 11.0 Å². The second kappa shape index (κ2) is 5.29. The Labute approximate surface area is 127 Å². The Morgan fingerprint density at radius 3 is 2.82 bits per heavy atom. The highest BCUT2D eigenvalue weighted by Gasteiger charge is 2.12. The molecule has 0 bridgehead atoms. The number of nitrogen functional groups attached to an aromatic ring is 1. The number of aryl methyl sites for hydroxylation is 1. The number of benzene rings is 2. The van der Waals surface area contributed by atoms with Crippen LogP contribution in [0.4, 0.5) is 10.1 Å². The van der Waals surface area contributed by atoms with Crippen LogP contribution in [-0.4, -0.2) is 18.0 Å². The maximum atomic E-state index is 13.3. The maximum absolute atomic E-state index is 13.3. The Kier molecular flexibility index (Phi) is 3.44. The average molecular weight is 293 g/mol. The van der Waals surface area contributed by atoms with Gasteiger partial charge in [0.15, 0.2) is 0 Å². The molecular formula is C16H13BFN3O. The van der Waals surface area contributed by atoms with Crippen molar-refractivity contribution in [2.24, 2.45) is 0 Å². The monoisotopic (exact) mass is 293 g/mol. The van der Waals surface area contributed by atoms with E-state index in [9.17, 15) is 9.18 Å². The van der Waals surface area contributed by atoms with Crippen LogP contribution in [0.3, 0.4) is 0 Å². The molecular weight excluding hydrogens is 280 g/mol. The molecule has 0 saturated carbocycles. The van der Waals surface area contributed by atoms with Gasteiger partial charge in [-0.3, -0.25) is 4.79 Å². The number of aromatic nitrogens is 2. The van der Waals surface area contributed by atoms with Gasteiger partial charge in [-0.15, -0.1) is 0 Å². The van der Waals surface area contributed by atoms with Crippen molar-refractivity contribution in [3.63, 3.8) is 0 Å². The summed E-state index contributed by atoms with van der Waals surface area (Å²) in [7, 11) is 5.59. The number of anilines is 1. The lowest BCUT2D eigenvalue weighted by atomic mass is 9.92. The third kappa shape index (κ3) is 2.37. The van der Waals surface area contributed by atoms with E-state index in [1.54, 1.807) is 24.3 Å². The predicted molar refractivity (Wildman–Crippen MR) is 86.1 cm³/mol. The fraction of sp³-hybridized carbons (Fsp3) is 0.125. The second-order valence-corrected chi connectivity index (χ2v) is 5.25. The first kappa shape index (κ1) is 14.3. The molecule has 0 atom stereocenters. The summed E-state index contributed by atoms with van der Waals surface area (Å²) in [4.78, 5) is 11.9. The Balaban J connectivity index is 2.18. The van der Waals surface area contributed by atoms with Crippen molar-refractivity contribution in [3.8, 4) is 0 Å². The van der Waals surface area contributed by atoms with Crippen molar-refractivity contribution in [2.45, 2.75) is 13.3 Å². The summed E-state index contributed by atoms with van der Waals surface area (Å²) < 4.78 is 13.3. The molecule has 108 valence electrons. The zero-order valence-electron chi connectivity index (χ0n) is 12.0. The molecule has 0 aliphatic rings. The van der Waals surface area contributed by atoms with E-state index in [0.717, 1.165) is 11.1 Å². The Morgan fingerprint density at radius 2 is 2.09 bits per heavy atom. The minimum Gasteiger partial charge on any atom is -0.398 e. The van der Waals surface area contributed by atoms with Gasteiger partial charge < -0.3 is 5.73 Å². The summed E-state index contributed by atoms with van der Waals surface area (Å²) >= 11 is 0. The van der Waals surface area contributed by atoms with Crippen LogP contribution in [-0.2, 0) is 6.42 Å². The van der Waals surface area contributed by atoms with E-state index in [1.807, 2.05) is 6.92 Å².